The van der Waals surface area contributed by atoms with Gasteiger partial charge in [-0.25, -0.2) is 13.1 Å². The van der Waals surface area contributed by atoms with Crippen molar-refractivity contribution in [2.75, 3.05) is 19.7 Å². The average molecular weight is 519 g/mol. The van der Waals surface area contributed by atoms with Crippen LogP contribution in [0.1, 0.15) is 22.6 Å². The number of aromatic nitrogens is 2. The van der Waals surface area contributed by atoms with Gasteiger partial charge in [0.1, 0.15) is 17.3 Å². The van der Waals surface area contributed by atoms with Gasteiger partial charge in [0, 0.05) is 25.7 Å². The number of halogens is 4. The van der Waals surface area contributed by atoms with E-state index in [1.807, 2.05) is 6.07 Å². The van der Waals surface area contributed by atoms with Gasteiger partial charge in [0.15, 0.2) is 0 Å². The number of hydrogen-bond acceptors (Lipinski definition) is 5. The van der Waals surface area contributed by atoms with Gasteiger partial charge in [0.25, 0.3) is 0 Å². The Morgan fingerprint density at radius 1 is 1.18 bits per heavy atom. The maximum Gasteiger partial charge on any atom is 0.416 e. The number of ether oxygens (including phenoxy) is 1. The lowest BCUT2D eigenvalue weighted by atomic mass is 9.91. The second-order valence-electron chi connectivity index (χ2n) is 7.50. The van der Waals surface area contributed by atoms with Crippen LogP contribution in [0.4, 0.5) is 13.2 Å². The summed E-state index contributed by atoms with van der Waals surface area (Å²) < 4.78 is 72.9. The SMILES string of the molecule is Cl.Cn1cc(S(=O)(=O)NCCOc2cccc(C(CN)Cc3cccc(C(F)(F)F)c3)c2)cn1. The molecule has 1 aromatic heterocycles. The molecule has 3 rings (SSSR count). The minimum absolute atomic E-state index is 0. The van der Waals surface area contributed by atoms with Crippen molar-refractivity contribution in [1.82, 2.24) is 14.5 Å². The Morgan fingerprint density at radius 2 is 1.91 bits per heavy atom. The zero-order valence-electron chi connectivity index (χ0n) is 18.3. The third-order valence-electron chi connectivity index (χ3n) is 5.00. The normalized spacial score (nSPS) is 12.7. The number of aryl methyl sites for hydroxylation is 1. The Labute approximate surface area is 202 Å². The minimum Gasteiger partial charge on any atom is -0.492 e. The molecule has 0 saturated carbocycles. The fraction of sp³-hybridized carbons (Fsp3) is 0.318. The second kappa shape index (κ2) is 11.7. The van der Waals surface area contributed by atoms with Crippen molar-refractivity contribution in [2.45, 2.75) is 23.4 Å². The molecule has 1 atom stereocenters. The van der Waals surface area contributed by atoms with E-state index in [2.05, 4.69) is 9.82 Å². The summed E-state index contributed by atoms with van der Waals surface area (Å²) in [4.78, 5) is 0.0624. The number of alkyl halides is 3. The first-order valence-corrected chi connectivity index (χ1v) is 11.6. The Bertz CT molecular complexity index is 1190. The van der Waals surface area contributed by atoms with E-state index in [-0.39, 0.29) is 42.9 Å². The van der Waals surface area contributed by atoms with Gasteiger partial charge >= 0.3 is 6.18 Å². The number of nitrogens with zero attached hydrogens (tertiary/aromatic N) is 2. The molecule has 0 radical (unpaired) electrons. The van der Waals surface area contributed by atoms with Crippen LogP contribution in [0.25, 0.3) is 0 Å². The summed E-state index contributed by atoms with van der Waals surface area (Å²) in [7, 11) is -2.06. The highest BCUT2D eigenvalue weighted by Crippen LogP contribution is 2.31. The number of nitrogens with one attached hydrogen (secondary N) is 1. The van der Waals surface area contributed by atoms with Crippen LogP contribution in [0.15, 0.2) is 65.8 Å². The Hall–Kier alpha value is -2.60. The summed E-state index contributed by atoms with van der Waals surface area (Å²) in [6, 6.07) is 12.3. The molecule has 0 saturated heterocycles. The lowest BCUT2D eigenvalue weighted by molar-refractivity contribution is -0.137. The smallest absolute Gasteiger partial charge is 0.416 e. The molecule has 0 aliphatic carbocycles. The molecule has 0 aliphatic heterocycles. The second-order valence-corrected chi connectivity index (χ2v) is 9.27. The van der Waals surface area contributed by atoms with E-state index in [9.17, 15) is 21.6 Å². The summed E-state index contributed by atoms with van der Waals surface area (Å²) in [5.74, 6) is 0.302. The van der Waals surface area contributed by atoms with Gasteiger partial charge in [0.2, 0.25) is 10.0 Å². The fourth-order valence-corrected chi connectivity index (χ4v) is 4.32. The minimum atomic E-state index is -4.40. The predicted octanol–water partition coefficient (Wildman–Crippen LogP) is 3.50. The molecule has 1 unspecified atom stereocenters. The van der Waals surface area contributed by atoms with Crippen LogP contribution in [0.2, 0.25) is 0 Å². The maximum absolute atomic E-state index is 13.0. The van der Waals surface area contributed by atoms with Gasteiger partial charge in [-0.05, 0) is 42.3 Å². The van der Waals surface area contributed by atoms with Crippen LogP contribution in [0, 0.1) is 0 Å². The van der Waals surface area contributed by atoms with Gasteiger partial charge in [-0.2, -0.15) is 18.3 Å². The summed E-state index contributed by atoms with van der Waals surface area (Å²) >= 11 is 0. The van der Waals surface area contributed by atoms with Crippen molar-refractivity contribution in [2.24, 2.45) is 12.8 Å². The van der Waals surface area contributed by atoms with Crippen LogP contribution in [0.5, 0.6) is 5.75 Å². The Morgan fingerprint density at radius 3 is 2.56 bits per heavy atom. The van der Waals surface area contributed by atoms with Crippen molar-refractivity contribution < 1.29 is 26.3 Å². The third-order valence-corrected chi connectivity index (χ3v) is 6.42. The van der Waals surface area contributed by atoms with Crippen LogP contribution < -0.4 is 15.2 Å². The molecule has 0 bridgehead atoms. The maximum atomic E-state index is 13.0. The quantitative estimate of drug-likeness (QED) is 0.400. The molecular formula is C22H26ClF3N4O3S. The summed E-state index contributed by atoms with van der Waals surface area (Å²) in [5.41, 5.74) is 6.57. The molecule has 2 aromatic carbocycles. The van der Waals surface area contributed by atoms with Crippen molar-refractivity contribution >= 4 is 22.4 Å². The number of benzene rings is 2. The van der Waals surface area contributed by atoms with E-state index in [0.29, 0.717) is 17.7 Å². The van der Waals surface area contributed by atoms with Crippen LogP contribution in [-0.2, 0) is 29.7 Å². The third kappa shape index (κ3) is 7.45. The molecule has 186 valence electrons. The molecule has 0 aliphatic rings. The predicted molar refractivity (Wildman–Crippen MR) is 125 cm³/mol. The van der Waals surface area contributed by atoms with Gasteiger partial charge in [0.05, 0.1) is 11.8 Å². The standard InChI is InChI=1S/C22H25F3N4O3S.ClH/c1-29-15-21(14-27-29)33(30,31)28-8-9-32-20-7-3-5-17(12-20)18(13-26)10-16-4-2-6-19(11-16)22(23,24)25;/h2-7,11-12,14-15,18,28H,8-10,13,26H2,1H3;1H. The van der Waals surface area contributed by atoms with E-state index in [1.54, 1.807) is 31.3 Å². The average Bonchev–Trinajstić information content (AvgIpc) is 3.22. The summed E-state index contributed by atoms with van der Waals surface area (Å²) in [6.45, 7) is 0.375. The highest BCUT2D eigenvalue weighted by atomic mass is 35.5. The lowest BCUT2D eigenvalue weighted by Crippen LogP contribution is -2.28. The molecule has 1 heterocycles. The number of nitrogens with two attached hydrogens (primary N) is 1. The number of rotatable bonds is 10. The van der Waals surface area contributed by atoms with Gasteiger partial charge < -0.3 is 10.5 Å². The first-order chi connectivity index (χ1) is 15.6. The topological polar surface area (TPSA) is 99.2 Å². The molecular weight excluding hydrogens is 493 g/mol. The molecule has 0 spiro atoms. The first kappa shape index (κ1) is 27.6. The van der Waals surface area contributed by atoms with E-state index >= 15 is 0 Å². The largest absolute Gasteiger partial charge is 0.492 e. The Balaban J connectivity index is 0.00000408. The number of sulfonamides is 1. The monoisotopic (exact) mass is 518 g/mol. The van der Waals surface area contributed by atoms with Crippen molar-refractivity contribution in [3.8, 4) is 5.75 Å². The van der Waals surface area contributed by atoms with E-state index in [1.165, 1.54) is 23.1 Å². The van der Waals surface area contributed by atoms with Crippen LogP contribution >= 0.6 is 12.4 Å². The van der Waals surface area contributed by atoms with Crippen LogP contribution in [0.3, 0.4) is 0 Å². The Kier molecular flexibility index (Phi) is 9.51. The van der Waals surface area contributed by atoms with Crippen LogP contribution in [-0.4, -0.2) is 37.9 Å². The van der Waals surface area contributed by atoms with Crippen molar-refractivity contribution in [3.05, 3.63) is 77.6 Å². The molecule has 34 heavy (non-hydrogen) atoms. The van der Waals surface area contributed by atoms with Crippen molar-refractivity contribution in [1.29, 1.82) is 0 Å². The molecule has 12 heteroatoms. The van der Waals surface area contributed by atoms with Gasteiger partial charge in [-0.3, -0.25) is 4.68 Å². The fourth-order valence-electron chi connectivity index (χ4n) is 3.32. The molecule has 0 amide bonds. The first-order valence-electron chi connectivity index (χ1n) is 10.2. The highest BCUT2D eigenvalue weighted by molar-refractivity contribution is 7.89. The van der Waals surface area contributed by atoms with E-state index < -0.39 is 21.8 Å². The van der Waals surface area contributed by atoms with Crippen molar-refractivity contribution in [3.63, 3.8) is 0 Å². The van der Waals surface area contributed by atoms with E-state index in [0.717, 1.165) is 17.7 Å². The van der Waals surface area contributed by atoms with E-state index in [4.69, 9.17) is 10.5 Å². The zero-order chi connectivity index (χ0) is 24.1. The highest BCUT2D eigenvalue weighted by Gasteiger charge is 2.30. The van der Waals surface area contributed by atoms with Gasteiger partial charge in [-0.1, -0.05) is 30.3 Å². The molecule has 7 nitrogen and oxygen atoms in total. The summed E-state index contributed by atoms with van der Waals surface area (Å²) in [5, 5.41) is 3.84. The van der Waals surface area contributed by atoms with Gasteiger partial charge in [-0.15, -0.1) is 12.4 Å². The molecule has 0 fully saturated rings. The summed E-state index contributed by atoms with van der Waals surface area (Å²) in [6.07, 6.45) is -1.41. The molecule has 3 aromatic rings. The molecule has 3 N–H and O–H groups in total. The zero-order valence-corrected chi connectivity index (χ0v) is 20.0. The number of hydrogen-bond donors (Lipinski definition) is 2. The lowest BCUT2D eigenvalue weighted by Gasteiger charge is -2.17.